The second-order valence-corrected chi connectivity index (χ2v) is 3.42. The third-order valence-corrected chi connectivity index (χ3v) is 1.46. The summed E-state index contributed by atoms with van der Waals surface area (Å²) in [7, 11) is 0. The van der Waals surface area contributed by atoms with Crippen LogP contribution in [0.5, 0.6) is 0 Å². The van der Waals surface area contributed by atoms with Crippen molar-refractivity contribution in [1.82, 2.24) is 10.6 Å². The number of carbonyl (C=O) groups excluding carboxylic acids is 2. The first-order valence-corrected chi connectivity index (χ1v) is 4.86. The molecular formula is C8H16N2O2S. The van der Waals surface area contributed by atoms with Crippen molar-refractivity contribution < 1.29 is 9.59 Å². The summed E-state index contributed by atoms with van der Waals surface area (Å²) < 4.78 is 0. The molecule has 0 saturated heterocycles. The van der Waals surface area contributed by atoms with Gasteiger partial charge in [-0.2, -0.15) is 12.6 Å². The molecule has 0 aromatic heterocycles. The maximum absolute atomic E-state index is 11.0. The average Bonchev–Trinajstić information content (AvgIpc) is 2.00. The first-order valence-electron chi connectivity index (χ1n) is 4.23. The predicted molar refractivity (Wildman–Crippen MR) is 54.8 cm³/mol. The molecule has 0 atom stereocenters. The molecule has 0 rings (SSSR count). The van der Waals surface area contributed by atoms with Gasteiger partial charge in [0.25, 0.3) is 0 Å². The zero-order valence-corrected chi connectivity index (χ0v) is 8.86. The molecule has 0 aliphatic carbocycles. The summed E-state index contributed by atoms with van der Waals surface area (Å²) in [6.07, 6.45) is 0.345. The van der Waals surface area contributed by atoms with E-state index in [2.05, 4.69) is 23.3 Å². The molecule has 2 N–H and O–H groups in total. The van der Waals surface area contributed by atoms with Crippen molar-refractivity contribution in [2.24, 2.45) is 0 Å². The van der Waals surface area contributed by atoms with Crippen LogP contribution < -0.4 is 10.6 Å². The van der Waals surface area contributed by atoms with Crippen molar-refractivity contribution in [1.29, 1.82) is 0 Å². The maximum Gasteiger partial charge on any atom is 0.239 e. The Bertz CT molecular complexity index is 183. The van der Waals surface area contributed by atoms with E-state index in [9.17, 15) is 9.59 Å². The minimum atomic E-state index is -0.164. The Morgan fingerprint density at radius 3 is 2.38 bits per heavy atom. The fourth-order valence-corrected chi connectivity index (χ4v) is 0.945. The zero-order valence-electron chi connectivity index (χ0n) is 7.96. The van der Waals surface area contributed by atoms with Gasteiger partial charge in [-0.3, -0.25) is 9.59 Å². The summed E-state index contributed by atoms with van der Waals surface area (Å²) >= 11 is 3.90. The number of thiol groups is 1. The number of rotatable bonds is 5. The quantitative estimate of drug-likeness (QED) is 0.550. The summed E-state index contributed by atoms with van der Waals surface area (Å²) in [6.45, 7) is 3.78. The van der Waals surface area contributed by atoms with Crippen LogP contribution >= 0.6 is 12.6 Å². The highest BCUT2D eigenvalue weighted by atomic mass is 32.1. The lowest BCUT2D eigenvalue weighted by Gasteiger charge is -2.08. The van der Waals surface area contributed by atoms with Gasteiger partial charge in [0.2, 0.25) is 11.8 Å². The highest BCUT2D eigenvalue weighted by Crippen LogP contribution is 1.83. The molecule has 0 fully saturated rings. The monoisotopic (exact) mass is 204 g/mol. The maximum atomic E-state index is 11.0. The van der Waals surface area contributed by atoms with Gasteiger partial charge >= 0.3 is 0 Å². The van der Waals surface area contributed by atoms with Gasteiger partial charge in [0.1, 0.15) is 0 Å². The minimum absolute atomic E-state index is 0.0464. The van der Waals surface area contributed by atoms with E-state index in [4.69, 9.17) is 0 Å². The summed E-state index contributed by atoms with van der Waals surface area (Å²) in [5, 5.41) is 5.16. The Labute approximate surface area is 83.9 Å². The average molecular weight is 204 g/mol. The van der Waals surface area contributed by atoms with Crippen molar-refractivity contribution in [3.05, 3.63) is 0 Å². The number of carbonyl (C=O) groups is 2. The molecule has 4 nitrogen and oxygen atoms in total. The van der Waals surface area contributed by atoms with Crippen molar-refractivity contribution in [2.75, 3.05) is 12.3 Å². The summed E-state index contributed by atoms with van der Waals surface area (Å²) in [4.78, 5) is 21.9. The van der Waals surface area contributed by atoms with Gasteiger partial charge in [0.15, 0.2) is 0 Å². The lowest BCUT2D eigenvalue weighted by molar-refractivity contribution is -0.126. The van der Waals surface area contributed by atoms with Gasteiger partial charge in [-0.15, -0.1) is 0 Å². The molecular weight excluding hydrogens is 188 g/mol. The molecule has 5 heteroatoms. The largest absolute Gasteiger partial charge is 0.352 e. The van der Waals surface area contributed by atoms with Crippen molar-refractivity contribution in [3.8, 4) is 0 Å². The molecule has 0 radical (unpaired) electrons. The molecule has 0 saturated carbocycles. The molecule has 76 valence electrons. The van der Waals surface area contributed by atoms with Crippen LogP contribution in [0.25, 0.3) is 0 Å². The second-order valence-electron chi connectivity index (χ2n) is 2.97. The van der Waals surface area contributed by atoms with E-state index in [1.807, 2.05) is 13.8 Å². The number of amides is 2. The highest BCUT2D eigenvalue weighted by molar-refractivity contribution is 7.80. The topological polar surface area (TPSA) is 58.2 Å². The van der Waals surface area contributed by atoms with E-state index in [1.165, 1.54) is 0 Å². The van der Waals surface area contributed by atoms with Crippen molar-refractivity contribution >= 4 is 24.4 Å². The van der Waals surface area contributed by atoms with E-state index >= 15 is 0 Å². The van der Waals surface area contributed by atoms with Gasteiger partial charge in [-0.1, -0.05) is 0 Å². The lowest BCUT2D eigenvalue weighted by atomic mass is 10.4. The molecule has 13 heavy (non-hydrogen) atoms. The SMILES string of the molecule is CC(C)NC(=O)CNC(=O)CCS. The zero-order chi connectivity index (χ0) is 10.3. The van der Waals surface area contributed by atoms with Gasteiger partial charge in [-0.05, 0) is 19.6 Å². The van der Waals surface area contributed by atoms with Crippen LogP contribution in [0.15, 0.2) is 0 Å². The minimum Gasteiger partial charge on any atom is -0.352 e. The third-order valence-electron chi connectivity index (χ3n) is 1.23. The Kier molecular flexibility index (Phi) is 6.40. The van der Waals surface area contributed by atoms with E-state index in [-0.39, 0.29) is 24.4 Å². The second kappa shape index (κ2) is 6.77. The molecule has 0 heterocycles. The van der Waals surface area contributed by atoms with Crippen LogP contribution in [0.2, 0.25) is 0 Å². The first kappa shape index (κ1) is 12.3. The predicted octanol–water partition coefficient (Wildman–Crippen LogP) is -0.0529. The molecule has 0 aliphatic heterocycles. The Balaban J connectivity index is 3.52. The van der Waals surface area contributed by atoms with Gasteiger partial charge < -0.3 is 10.6 Å². The van der Waals surface area contributed by atoms with Crippen LogP contribution in [-0.2, 0) is 9.59 Å². The van der Waals surface area contributed by atoms with E-state index in [0.717, 1.165) is 0 Å². The molecule has 0 aromatic carbocycles. The van der Waals surface area contributed by atoms with E-state index < -0.39 is 0 Å². The van der Waals surface area contributed by atoms with Crippen LogP contribution in [-0.4, -0.2) is 30.2 Å². The number of nitrogens with one attached hydrogen (secondary N) is 2. The van der Waals surface area contributed by atoms with E-state index in [1.54, 1.807) is 0 Å². The van der Waals surface area contributed by atoms with Crippen molar-refractivity contribution in [2.45, 2.75) is 26.3 Å². The number of hydrogen-bond acceptors (Lipinski definition) is 3. The molecule has 0 aromatic rings. The lowest BCUT2D eigenvalue weighted by Crippen LogP contribution is -2.39. The summed E-state index contributed by atoms with van der Waals surface area (Å²) in [5.41, 5.74) is 0. The Morgan fingerprint density at radius 1 is 1.31 bits per heavy atom. The van der Waals surface area contributed by atoms with Crippen LogP contribution in [0, 0.1) is 0 Å². The highest BCUT2D eigenvalue weighted by Gasteiger charge is 2.04. The third kappa shape index (κ3) is 7.64. The van der Waals surface area contributed by atoms with Crippen molar-refractivity contribution in [3.63, 3.8) is 0 Å². The summed E-state index contributed by atoms with van der Waals surface area (Å²) in [5.74, 6) is 0.189. The molecule has 0 aliphatic rings. The summed E-state index contributed by atoms with van der Waals surface area (Å²) in [6, 6.07) is 0.106. The standard InChI is InChI=1S/C8H16N2O2S/c1-6(2)10-8(12)5-9-7(11)3-4-13/h6,13H,3-5H2,1-2H3,(H,9,11)(H,10,12). The number of hydrogen-bond donors (Lipinski definition) is 3. The van der Waals surface area contributed by atoms with Crippen LogP contribution in [0.1, 0.15) is 20.3 Å². The van der Waals surface area contributed by atoms with Gasteiger partial charge in [0, 0.05) is 12.5 Å². The smallest absolute Gasteiger partial charge is 0.239 e. The van der Waals surface area contributed by atoms with Gasteiger partial charge in [0.05, 0.1) is 6.54 Å². The van der Waals surface area contributed by atoms with Crippen LogP contribution in [0.3, 0.4) is 0 Å². The van der Waals surface area contributed by atoms with E-state index in [0.29, 0.717) is 12.2 Å². The van der Waals surface area contributed by atoms with Crippen LogP contribution in [0.4, 0.5) is 0 Å². The molecule has 0 bridgehead atoms. The fourth-order valence-electron chi connectivity index (χ4n) is 0.742. The normalized spacial score (nSPS) is 9.85. The first-order chi connectivity index (χ1) is 6.06. The van der Waals surface area contributed by atoms with Gasteiger partial charge in [-0.25, -0.2) is 0 Å². The molecule has 0 unspecified atom stereocenters. The fraction of sp³-hybridized carbons (Fsp3) is 0.750. The Hall–Kier alpha value is -0.710. The molecule has 0 spiro atoms. The Morgan fingerprint density at radius 2 is 1.92 bits per heavy atom. The molecule has 2 amide bonds.